The molecule has 0 amide bonds. The van der Waals surface area contributed by atoms with Crippen LogP contribution in [0.25, 0.3) is 10.1 Å². The van der Waals surface area contributed by atoms with Crippen molar-refractivity contribution in [2.75, 3.05) is 0 Å². The Hall–Kier alpha value is -1.78. The number of hydrogen-bond acceptors (Lipinski definition) is 2. The summed E-state index contributed by atoms with van der Waals surface area (Å²) in [5.41, 5.74) is -1.21. The minimum Gasteiger partial charge on any atom is -0.380 e. The van der Waals surface area contributed by atoms with Crippen LogP contribution in [0.15, 0.2) is 48.5 Å². The third-order valence-electron chi connectivity index (χ3n) is 3.33. The van der Waals surface area contributed by atoms with Gasteiger partial charge < -0.3 is 5.11 Å². The van der Waals surface area contributed by atoms with E-state index in [9.17, 15) is 13.9 Å². The quantitative estimate of drug-likeness (QED) is 0.740. The van der Waals surface area contributed by atoms with Gasteiger partial charge in [0.25, 0.3) is 0 Å². The summed E-state index contributed by atoms with van der Waals surface area (Å²) >= 11 is 1.42. The van der Waals surface area contributed by atoms with Crippen molar-refractivity contribution in [3.05, 3.63) is 70.6 Å². The van der Waals surface area contributed by atoms with Gasteiger partial charge in [-0.2, -0.15) is 0 Å². The van der Waals surface area contributed by atoms with E-state index in [0.717, 1.165) is 28.3 Å². The summed E-state index contributed by atoms with van der Waals surface area (Å²) in [7, 11) is 0. The highest BCUT2D eigenvalue weighted by atomic mass is 32.1. The molecule has 0 bridgehead atoms. The smallest absolute Gasteiger partial charge is 0.126 e. The maximum atomic E-state index is 13.3. The van der Waals surface area contributed by atoms with Gasteiger partial charge in [0.1, 0.15) is 17.2 Å². The van der Waals surface area contributed by atoms with Crippen LogP contribution in [0, 0.1) is 11.6 Å². The van der Waals surface area contributed by atoms with Crippen LogP contribution >= 0.6 is 11.3 Å². The second-order valence-corrected chi connectivity index (χ2v) is 5.96. The highest BCUT2D eigenvalue weighted by Gasteiger charge is 2.28. The lowest BCUT2D eigenvalue weighted by Gasteiger charge is -2.22. The Morgan fingerprint density at radius 1 is 1.00 bits per heavy atom. The molecule has 2 aromatic carbocycles. The molecule has 3 rings (SSSR count). The van der Waals surface area contributed by atoms with Gasteiger partial charge in [-0.05, 0) is 42.1 Å². The van der Waals surface area contributed by atoms with E-state index in [4.69, 9.17) is 0 Å². The Balaban J connectivity index is 2.14. The van der Waals surface area contributed by atoms with Gasteiger partial charge in [-0.25, -0.2) is 8.78 Å². The van der Waals surface area contributed by atoms with Crippen molar-refractivity contribution in [3.8, 4) is 0 Å². The lowest BCUT2D eigenvalue weighted by atomic mass is 9.94. The second kappa shape index (κ2) is 4.65. The summed E-state index contributed by atoms with van der Waals surface area (Å²) in [5.74, 6) is -1.39. The highest BCUT2D eigenvalue weighted by molar-refractivity contribution is 7.19. The predicted octanol–water partition coefficient (Wildman–Crippen LogP) is 4.44. The van der Waals surface area contributed by atoms with Crippen LogP contribution < -0.4 is 0 Å². The van der Waals surface area contributed by atoms with Gasteiger partial charge in [0.2, 0.25) is 0 Å². The van der Waals surface area contributed by atoms with Crippen LogP contribution in [-0.4, -0.2) is 5.11 Å². The number of halogens is 2. The zero-order valence-electron chi connectivity index (χ0n) is 10.7. The van der Waals surface area contributed by atoms with Crippen molar-refractivity contribution < 1.29 is 13.9 Å². The largest absolute Gasteiger partial charge is 0.380 e. The van der Waals surface area contributed by atoms with Crippen LogP contribution in [0.4, 0.5) is 8.78 Å². The number of aliphatic hydroxyl groups is 1. The number of rotatable bonds is 2. The first-order chi connectivity index (χ1) is 9.46. The van der Waals surface area contributed by atoms with Crippen molar-refractivity contribution in [2.45, 2.75) is 12.5 Å². The summed E-state index contributed by atoms with van der Waals surface area (Å²) < 4.78 is 27.7. The van der Waals surface area contributed by atoms with E-state index < -0.39 is 17.2 Å². The maximum absolute atomic E-state index is 13.3. The molecular formula is C16H12F2OS. The second-order valence-electron chi connectivity index (χ2n) is 4.88. The van der Waals surface area contributed by atoms with Crippen LogP contribution in [0.5, 0.6) is 0 Å². The monoisotopic (exact) mass is 290 g/mol. The van der Waals surface area contributed by atoms with Gasteiger partial charge in [-0.15, -0.1) is 11.3 Å². The van der Waals surface area contributed by atoms with Crippen LogP contribution in [-0.2, 0) is 5.60 Å². The lowest BCUT2D eigenvalue weighted by molar-refractivity contribution is 0.105. The predicted molar refractivity (Wildman–Crippen MR) is 76.9 cm³/mol. The third-order valence-corrected chi connectivity index (χ3v) is 4.66. The minimum atomic E-state index is -1.42. The van der Waals surface area contributed by atoms with E-state index in [2.05, 4.69) is 0 Å². The van der Waals surface area contributed by atoms with Crippen molar-refractivity contribution in [2.24, 2.45) is 0 Å². The Labute approximate surface area is 119 Å². The molecule has 0 aliphatic heterocycles. The number of fused-ring (bicyclic) bond motifs is 1. The van der Waals surface area contributed by atoms with E-state index in [0.29, 0.717) is 4.88 Å². The van der Waals surface area contributed by atoms with Crippen molar-refractivity contribution >= 4 is 21.4 Å². The first-order valence-corrected chi connectivity index (χ1v) is 6.96. The average Bonchev–Trinajstić information content (AvgIpc) is 2.82. The number of benzene rings is 2. The molecular weight excluding hydrogens is 278 g/mol. The van der Waals surface area contributed by atoms with E-state index >= 15 is 0 Å². The third kappa shape index (κ3) is 2.21. The number of hydrogen-bond donors (Lipinski definition) is 1. The molecule has 1 N–H and O–H groups in total. The summed E-state index contributed by atoms with van der Waals surface area (Å²) in [6.45, 7) is 1.55. The standard InChI is InChI=1S/C16H12F2OS/c1-16(19,11-7-12(17)9-13(18)8-11)15-6-10-4-2-3-5-14(10)20-15/h2-9,19H,1H3. The molecule has 102 valence electrons. The van der Waals surface area contributed by atoms with E-state index in [-0.39, 0.29) is 5.56 Å². The van der Waals surface area contributed by atoms with Gasteiger partial charge in [0.15, 0.2) is 0 Å². The van der Waals surface area contributed by atoms with E-state index in [1.54, 1.807) is 6.92 Å². The lowest BCUT2D eigenvalue weighted by Crippen LogP contribution is -2.21. The molecule has 1 unspecified atom stereocenters. The molecule has 20 heavy (non-hydrogen) atoms. The molecule has 0 spiro atoms. The molecule has 4 heteroatoms. The Kier molecular flexibility index (Phi) is 3.07. The average molecular weight is 290 g/mol. The van der Waals surface area contributed by atoms with Crippen LogP contribution in [0.1, 0.15) is 17.4 Å². The molecule has 1 nitrogen and oxygen atoms in total. The highest BCUT2D eigenvalue weighted by Crippen LogP contribution is 2.37. The first-order valence-electron chi connectivity index (χ1n) is 6.15. The van der Waals surface area contributed by atoms with Crippen molar-refractivity contribution in [3.63, 3.8) is 0 Å². The van der Waals surface area contributed by atoms with Crippen molar-refractivity contribution in [1.29, 1.82) is 0 Å². The van der Waals surface area contributed by atoms with E-state index in [1.165, 1.54) is 11.3 Å². The summed E-state index contributed by atoms with van der Waals surface area (Å²) in [6, 6.07) is 12.7. The molecule has 0 saturated heterocycles. The fraction of sp³-hybridized carbons (Fsp3) is 0.125. The zero-order chi connectivity index (χ0) is 14.3. The minimum absolute atomic E-state index is 0.210. The molecule has 0 fully saturated rings. The molecule has 1 atom stereocenters. The van der Waals surface area contributed by atoms with Gasteiger partial charge in [0.05, 0.1) is 0 Å². The van der Waals surface area contributed by atoms with Crippen molar-refractivity contribution in [1.82, 2.24) is 0 Å². The fourth-order valence-corrected chi connectivity index (χ4v) is 3.33. The maximum Gasteiger partial charge on any atom is 0.126 e. The molecule has 0 aliphatic carbocycles. The van der Waals surface area contributed by atoms with Gasteiger partial charge in [-0.3, -0.25) is 0 Å². The zero-order valence-corrected chi connectivity index (χ0v) is 11.5. The van der Waals surface area contributed by atoms with Gasteiger partial charge in [0, 0.05) is 15.6 Å². The first kappa shape index (κ1) is 13.2. The SMILES string of the molecule is CC(O)(c1cc(F)cc(F)c1)c1cc2ccccc2s1. The molecule has 0 aliphatic rings. The molecule has 1 aromatic heterocycles. The molecule has 1 heterocycles. The molecule has 3 aromatic rings. The van der Waals surface area contributed by atoms with Crippen LogP contribution in [0.2, 0.25) is 0 Å². The molecule has 0 radical (unpaired) electrons. The Morgan fingerprint density at radius 2 is 1.65 bits per heavy atom. The van der Waals surface area contributed by atoms with Gasteiger partial charge in [-0.1, -0.05) is 18.2 Å². The number of thiophene rings is 1. The summed E-state index contributed by atoms with van der Waals surface area (Å²) in [6.07, 6.45) is 0. The fourth-order valence-electron chi connectivity index (χ4n) is 2.20. The molecule has 0 saturated carbocycles. The van der Waals surface area contributed by atoms with Gasteiger partial charge >= 0.3 is 0 Å². The summed E-state index contributed by atoms with van der Waals surface area (Å²) in [5, 5.41) is 11.7. The van der Waals surface area contributed by atoms with E-state index in [1.807, 2.05) is 30.3 Å². The normalized spacial score (nSPS) is 14.4. The topological polar surface area (TPSA) is 20.2 Å². The Bertz CT molecular complexity index is 724. The Morgan fingerprint density at radius 3 is 2.30 bits per heavy atom. The van der Waals surface area contributed by atoms with Crippen LogP contribution in [0.3, 0.4) is 0 Å². The summed E-state index contributed by atoms with van der Waals surface area (Å²) in [4.78, 5) is 0.656.